The summed E-state index contributed by atoms with van der Waals surface area (Å²) in [6.45, 7) is 5.50. The van der Waals surface area contributed by atoms with E-state index in [0.717, 1.165) is 48.4 Å². The molecule has 4 rings (SSSR count). The van der Waals surface area contributed by atoms with Crippen molar-refractivity contribution >= 4 is 11.6 Å². The third kappa shape index (κ3) is 4.75. The minimum Gasteiger partial charge on any atom is -0.495 e. The van der Waals surface area contributed by atoms with Crippen molar-refractivity contribution in [2.24, 2.45) is 0 Å². The van der Waals surface area contributed by atoms with Crippen LogP contribution in [0.2, 0.25) is 0 Å². The Morgan fingerprint density at radius 1 is 1.28 bits per heavy atom. The quantitative estimate of drug-likeness (QED) is 0.661. The third-order valence-corrected chi connectivity index (χ3v) is 6.53. The first kappa shape index (κ1) is 22.6. The lowest BCUT2D eigenvalue weighted by Crippen LogP contribution is -2.51. The summed E-state index contributed by atoms with van der Waals surface area (Å²) in [5.41, 5.74) is 2.91. The average Bonchev–Trinajstić information content (AvgIpc) is 2.76. The maximum absolute atomic E-state index is 11.5. The second-order valence-corrected chi connectivity index (χ2v) is 9.00. The SMILES string of the molecule is COc1ccc([C@@H](O)CN2CCC3(CC2)C[C@@H](O)c2cc(C)ccc2O3)cc1NC(C)=O. The van der Waals surface area contributed by atoms with Crippen molar-refractivity contribution in [3.63, 3.8) is 0 Å². The standard InChI is InChI=1S/C25H32N2O5/c1-16-4-6-23-19(12-16)21(29)14-25(32-23)8-10-27(11-9-25)15-22(30)18-5-7-24(31-3)20(13-18)26-17(2)28/h4-7,12-13,21-22,29-30H,8-11,14-15H2,1-3H3,(H,26,28)/t21-,22+/m1/s1. The van der Waals surface area contributed by atoms with Crippen molar-refractivity contribution in [3.8, 4) is 11.5 Å². The highest BCUT2D eigenvalue weighted by atomic mass is 16.5. The van der Waals surface area contributed by atoms with Crippen LogP contribution >= 0.6 is 0 Å². The first-order valence-electron chi connectivity index (χ1n) is 11.1. The number of carbonyl (C=O) groups is 1. The van der Waals surface area contributed by atoms with E-state index in [1.54, 1.807) is 19.2 Å². The second kappa shape index (κ2) is 9.10. The summed E-state index contributed by atoms with van der Waals surface area (Å²) in [6, 6.07) is 11.3. The number of amides is 1. The smallest absolute Gasteiger partial charge is 0.221 e. The van der Waals surface area contributed by atoms with E-state index in [-0.39, 0.29) is 11.5 Å². The number of methoxy groups -OCH3 is 1. The zero-order valence-electron chi connectivity index (χ0n) is 18.9. The number of likely N-dealkylation sites (tertiary alicyclic amines) is 1. The van der Waals surface area contributed by atoms with Gasteiger partial charge >= 0.3 is 0 Å². The molecule has 2 heterocycles. The Morgan fingerprint density at radius 2 is 2.03 bits per heavy atom. The molecule has 0 unspecified atom stereocenters. The van der Waals surface area contributed by atoms with Gasteiger partial charge < -0.3 is 29.9 Å². The molecule has 3 N–H and O–H groups in total. The first-order valence-corrected chi connectivity index (χ1v) is 11.1. The molecule has 2 aliphatic rings. The van der Waals surface area contributed by atoms with Gasteiger partial charge in [0.15, 0.2) is 0 Å². The van der Waals surface area contributed by atoms with Crippen molar-refractivity contribution in [3.05, 3.63) is 53.1 Å². The number of fused-ring (bicyclic) bond motifs is 1. The van der Waals surface area contributed by atoms with Gasteiger partial charge in [-0.1, -0.05) is 17.7 Å². The van der Waals surface area contributed by atoms with Crippen LogP contribution in [0.3, 0.4) is 0 Å². The van der Waals surface area contributed by atoms with Crippen LogP contribution in [0.25, 0.3) is 0 Å². The van der Waals surface area contributed by atoms with Gasteiger partial charge in [-0.15, -0.1) is 0 Å². The largest absolute Gasteiger partial charge is 0.495 e. The first-order chi connectivity index (χ1) is 15.3. The van der Waals surface area contributed by atoms with Gasteiger partial charge in [-0.05, 0) is 49.6 Å². The summed E-state index contributed by atoms with van der Waals surface area (Å²) in [6.07, 6.45) is 0.984. The lowest BCUT2D eigenvalue weighted by molar-refractivity contribution is -0.114. The average molecular weight is 441 g/mol. The third-order valence-electron chi connectivity index (χ3n) is 6.53. The number of hydrogen-bond acceptors (Lipinski definition) is 6. The molecule has 0 bridgehead atoms. The van der Waals surface area contributed by atoms with Crippen molar-refractivity contribution in [1.82, 2.24) is 4.90 Å². The molecule has 0 aromatic heterocycles. The number of hydrogen-bond donors (Lipinski definition) is 3. The number of carbonyl (C=O) groups excluding carboxylic acids is 1. The van der Waals surface area contributed by atoms with Gasteiger partial charge in [0, 0.05) is 38.5 Å². The maximum Gasteiger partial charge on any atom is 0.221 e. The molecule has 2 aliphatic heterocycles. The fourth-order valence-electron chi connectivity index (χ4n) is 4.78. The Hall–Kier alpha value is -2.61. The van der Waals surface area contributed by atoms with Crippen molar-refractivity contribution in [2.45, 2.75) is 50.9 Å². The Labute approximate surface area is 189 Å². The fraction of sp³-hybridized carbons (Fsp3) is 0.480. The van der Waals surface area contributed by atoms with Crippen LogP contribution in [0.1, 0.15) is 55.1 Å². The highest BCUT2D eigenvalue weighted by Gasteiger charge is 2.43. The van der Waals surface area contributed by atoms with E-state index in [4.69, 9.17) is 9.47 Å². The molecule has 0 radical (unpaired) electrons. The van der Waals surface area contributed by atoms with Crippen molar-refractivity contribution in [1.29, 1.82) is 0 Å². The molecule has 7 heteroatoms. The number of β-amino-alcohol motifs (C(OH)–C–C–N with tert-alkyl or cyclic N) is 1. The van der Waals surface area contributed by atoms with Gasteiger partial charge in [-0.3, -0.25) is 4.79 Å². The summed E-state index contributed by atoms with van der Waals surface area (Å²) in [7, 11) is 1.55. The van der Waals surface area contributed by atoms with Crippen LogP contribution in [-0.4, -0.2) is 53.4 Å². The number of aliphatic hydroxyl groups excluding tert-OH is 2. The molecule has 1 saturated heterocycles. The zero-order chi connectivity index (χ0) is 22.9. The molecule has 0 aliphatic carbocycles. The van der Waals surface area contributed by atoms with Gasteiger partial charge in [0.2, 0.25) is 5.91 Å². The lowest BCUT2D eigenvalue weighted by atomic mass is 9.81. The molecule has 1 spiro atoms. The molecule has 2 aromatic carbocycles. The highest BCUT2D eigenvalue weighted by Crippen LogP contribution is 2.44. The normalized spacial score (nSPS) is 20.8. The minimum absolute atomic E-state index is 0.192. The number of anilines is 1. The van der Waals surface area contributed by atoms with E-state index >= 15 is 0 Å². The Bertz CT molecular complexity index is 984. The number of piperidine rings is 1. The van der Waals surface area contributed by atoms with Gasteiger partial charge in [0.25, 0.3) is 0 Å². The summed E-state index contributed by atoms with van der Waals surface area (Å²) in [4.78, 5) is 13.7. The molecule has 32 heavy (non-hydrogen) atoms. The van der Waals surface area contributed by atoms with Gasteiger partial charge in [-0.25, -0.2) is 0 Å². The molecule has 1 fully saturated rings. The lowest BCUT2D eigenvalue weighted by Gasteiger charge is -2.46. The molecule has 2 atom stereocenters. The van der Waals surface area contributed by atoms with E-state index in [9.17, 15) is 15.0 Å². The van der Waals surface area contributed by atoms with E-state index in [2.05, 4.69) is 10.2 Å². The number of benzene rings is 2. The van der Waals surface area contributed by atoms with Crippen molar-refractivity contribution < 1.29 is 24.5 Å². The molecule has 7 nitrogen and oxygen atoms in total. The Morgan fingerprint density at radius 3 is 2.72 bits per heavy atom. The summed E-state index contributed by atoms with van der Waals surface area (Å²) in [5, 5.41) is 24.3. The molecule has 172 valence electrons. The summed E-state index contributed by atoms with van der Waals surface area (Å²) < 4.78 is 11.7. The van der Waals surface area contributed by atoms with Crippen LogP contribution in [0.4, 0.5) is 5.69 Å². The number of nitrogens with one attached hydrogen (secondary N) is 1. The van der Waals surface area contributed by atoms with Gasteiger partial charge in [0.05, 0.1) is 25.0 Å². The van der Waals surface area contributed by atoms with Crippen LogP contribution in [0, 0.1) is 6.92 Å². The Kier molecular flexibility index (Phi) is 6.42. The number of aliphatic hydroxyl groups is 2. The fourth-order valence-corrected chi connectivity index (χ4v) is 4.78. The van der Waals surface area contributed by atoms with E-state index in [1.807, 2.05) is 31.2 Å². The molecule has 2 aromatic rings. The van der Waals surface area contributed by atoms with E-state index in [0.29, 0.717) is 24.4 Å². The minimum atomic E-state index is -0.691. The van der Waals surface area contributed by atoms with Crippen LogP contribution < -0.4 is 14.8 Å². The Balaban J connectivity index is 1.39. The van der Waals surface area contributed by atoms with E-state index in [1.165, 1.54) is 6.92 Å². The molecule has 0 saturated carbocycles. The highest BCUT2D eigenvalue weighted by molar-refractivity contribution is 5.90. The predicted octanol–water partition coefficient (Wildman–Crippen LogP) is 3.35. The number of aryl methyl sites for hydroxylation is 1. The van der Waals surface area contributed by atoms with Gasteiger partial charge in [0.1, 0.15) is 17.1 Å². The number of rotatable bonds is 5. The molecular weight excluding hydrogens is 408 g/mol. The number of nitrogens with zero attached hydrogens (tertiary/aromatic N) is 1. The second-order valence-electron chi connectivity index (χ2n) is 9.00. The van der Waals surface area contributed by atoms with Crippen LogP contribution in [0.15, 0.2) is 36.4 Å². The molecule has 1 amide bonds. The monoisotopic (exact) mass is 440 g/mol. The predicted molar refractivity (Wildman–Crippen MR) is 122 cm³/mol. The number of ether oxygens (including phenoxy) is 2. The van der Waals surface area contributed by atoms with Crippen LogP contribution in [-0.2, 0) is 4.79 Å². The topological polar surface area (TPSA) is 91.3 Å². The zero-order valence-corrected chi connectivity index (χ0v) is 18.9. The van der Waals surface area contributed by atoms with Crippen LogP contribution in [0.5, 0.6) is 11.5 Å². The van der Waals surface area contributed by atoms with Gasteiger partial charge in [-0.2, -0.15) is 0 Å². The molecular formula is C25H32N2O5. The van der Waals surface area contributed by atoms with Crippen molar-refractivity contribution in [2.75, 3.05) is 32.1 Å². The summed E-state index contributed by atoms with van der Waals surface area (Å²) in [5.74, 6) is 1.15. The van der Waals surface area contributed by atoms with E-state index < -0.39 is 12.2 Å². The summed E-state index contributed by atoms with van der Waals surface area (Å²) >= 11 is 0. The maximum atomic E-state index is 11.5.